The zero-order valence-corrected chi connectivity index (χ0v) is 11.7. The van der Waals surface area contributed by atoms with E-state index in [-0.39, 0.29) is 29.0 Å². The molecule has 1 aromatic rings. The molecular formula is C13H17ClN2O3. The van der Waals surface area contributed by atoms with Crippen molar-refractivity contribution in [2.45, 2.75) is 13.3 Å². The van der Waals surface area contributed by atoms with Gasteiger partial charge in [0.1, 0.15) is 0 Å². The first-order valence-electron chi connectivity index (χ1n) is 5.92. The zero-order valence-electron chi connectivity index (χ0n) is 10.9. The van der Waals surface area contributed by atoms with E-state index in [2.05, 4.69) is 10.1 Å². The Morgan fingerprint density at radius 3 is 2.68 bits per heavy atom. The number of carbonyl (C=O) groups is 2. The van der Waals surface area contributed by atoms with Gasteiger partial charge in [0, 0.05) is 12.2 Å². The molecule has 0 heterocycles. The highest BCUT2D eigenvalue weighted by Gasteiger charge is 2.16. The van der Waals surface area contributed by atoms with Crippen molar-refractivity contribution >= 4 is 29.2 Å². The molecule has 1 unspecified atom stereocenters. The van der Waals surface area contributed by atoms with Gasteiger partial charge in [-0.15, -0.1) is 0 Å². The van der Waals surface area contributed by atoms with E-state index in [1.165, 1.54) is 19.2 Å². The summed E-state index contributed by atoms with van der Waals surface area (Å²) in [4.78, 5) is 23.3. The molecule has 0 aliphatic heterocycles. The number of halogens is 1. The van der Waals surface area contributed by atoms with Crippen LogP contribution < -0.4 is 11.1 Å². The summed E-state index contributed by atoms with van der Waals surface area (Å²) in [6.07, 6.45) is 0.653. The molecule has 1 rings (SSSR count). The Kier molecular flexibility index (Phi) is 5.79. The number of carbonyl (C=O) groups excluding carboxylic acids is 2. The number of hydrogen-bond acceptors (Lipinski definition) is 4. The van der Waals surface area contributed by atoms with Crippen LogP contribution in [0.15, 0.2) is 18.2 Å². The minimum atomic E-state index is -0.549. The molecule has 0 aliphatic rings. The SMILES string of the molecule is CCC(CN)C(=O)Nc1ccc(Cl)c(C(=O)OC)c1. The minimum absolute atomic E-state index is 0.178. The average molecular weight is 285 g/mol. The molecule has 0 saturated carbocycles. The second-order valence-corrected chi connectivity index (χ2v) is 4.42. The third-order valence-corrected chi connectivity index (χ3v) is 3.12. The molecule has 0 aromatic heterocycles. The van der Waals surface area contributed by atoms with Crippen LogP contribution in [0.5, 0.6) is 0 Å². The summed E-state index contributed by atoms with van der Waals surface area (Å²) in [5, 5.41) is 2.98. The topological polar surface area (TPSA) is 81.4 Å². The zero-order chi connectivity index (χ0) is 14.4. The molecule has 0 aliphatic carbocycles. The molecule has 0 spiro atoms. The van der Waals surface area contributed by atoms with Crippen LogP contribution in [0.2, 0.25) is 5.02 Å². The predicted octanol–water partition coefficient (Wildman–Crippen LogP) is 2.05. The summed E-state index contributed by atoms with van der Waals surface area (Å²) in [5.41, 5.74) is 6.20. The van der Waals surface area contributed by atoms with Crippen molar-refractivity contribution in [1.29, 1.82) is 0 Å². The molecule has 5 nitrogen and oxygen atoms in total. The Bertz CT molecular complexity index is 473. The van der Waals surface area contributed by atoms with E-state index in [0.717, 1.165) is 0 Å². The summed E-state index contributed by atoms with van der Waals surface area (Å²) in [6.45, 7) is 2.17. The number of hydrogen-bond donors (Lipinski definition) is 2. The normalized spacial score (nSPS) is 11.8. The summed E-state index contributed by atoms with van der Waals surface area (Å²) < 4.78 is 4.61. The fourth-order valence-corrected chi connectivity index (χ4v) is 1.77. The van der Waals surface area contributed by atoms with Gasteiger partial charge in [-0.25, -0.2) is 4.79 Å². The average Bonchev–Trinajstić information content (AvgIpc) is 2.41. The molecule has 3 N–H and O–H groups in total. The number of methoxy groups -OCH3 is 1. The van der Waals surface area contributed by atoms with E-state index in [9.17, 15) is 9.59 Å². The van der Waals surface area contributed by atoms with Gasteiger partial charge in [-0.1, -0.05) is 18.5 Å². The molecule has 0 fully saturated rings. The second kappa shape index (κ2) is 7.11. The Hall–Kier alpha value is -1.59. The van der Waals surface area contributed by atoms with E-state index >= 15 is 0 Å². The third kappa shape index (κ3) is 3.94. The van der Waals surface area contributed by atoms with Crippen molar-refractivity contribution in [3.8, 4) is 0 Å². The maximum absolute atomic E-state index is 11.9. The van der Waals surface area contributed by atoms with Crippen LogP contribution in [-0.2, 0) is 9.53 Å². The van der Waals surface area contributed by atoms with Gasteiger partial charge in [-0.05, 0) is 24.6 Å². The van der Waals surface area contributed by atoms with Crippen LogP contribution >= 0.6 is 11.6 Å². The first-order valence-corrected chi connectivity index (χ1v) is 6.30. The number of ether oxygens (including phenoxy) is 1. The van der Waals surface area contributed by atoms with E-state index in [1.54, 1.807) is 6.07 Å². The van der Waals surface area contributed by atoms with Crippen molar-refractivity contribution in [3.63, 3.8) is 0 Å². The number of nitrogens with one attached hydrogen (secondary N) is 1. The maximum Gasteiger partial charge on any atom is 0.339 e. The van der Waals surface area contributed by atoms with Gasteiger partial charge >= 0.3 is 5.97 Å². The van der Waals surface area contributed by atoms with E-state index in [4.69, 9.17) is 17.3 Å². The monoisotopic (exact) mass is 284 g/mol. The number of esters is 1. The van der Waals surface area contributed by atoms with Gasteiger partial charge in [-0.2, -0.15) is 0 Å². The second-order valence-electron chi connectivity index (χ2n) is 4.02. The van der Waals surface area contributed by atoms with E-state index in [0.29, 0.717) is 12.1 Å². The van der Waals surface area contributed by atoms with E-state index < -0.39 is 5.97 Å². The molecule has 0 bridgehead atoms. The third-order valence-electron chi connectivity index (χ3n) is 2.79. The Balaban J connectivity index is 2.91. The van der Waals surface area contributed by atoms with Gasteiger partial charge in [0.2, 0.25) is 5.91 Å². The van der Waals surface area contributed by atoms with Crippen LogP contribution in [0.1, 0.15) is 23.7 Å². The fraction of sp³-hybridized carbons (Fsp3) is 0.385. The van der Waals surface area contributed by atoms with Gasteiger partial charge in [0.05, 0.1) is 23.6 Å². The molecule has 1 amide bonds. The molecule has 104 valence electrons. The van der Waals surface area contributed by atoms with E-state index in [1.807, 2.05) is 6.92 Å². The summed E-state index contributed by atoms with van der Waals surface area (Å²) in [7, 11) is 1.27. The fourth-order valence-electron chi connectivity index (χ4n) is 1.57. The molecule has 0 saturated heterocycles. The Morgan fingerprint density at radius 1 is 1.47 bits per heavy atom. The van der Waals surface area contributed by atoms with Crippen LogP contribution in [0, 0.1) is 5.92 Å². The van der Waals surface area contributed by atoms with Crippen LogP contribution in [0.25, 0.3) is 0 Å². The van der Waals surface area contributed by atoms with Gasteiger partial charge < -0.3 is 15.8 Å². The van der Waals surface area contributed by atoms with Gasteiger partial charge in [0.15, 0.2) is 0 Å². The summed E-state index contributed by atoms with van der Waals surface area (Å²) in [5.74, 6) is -0.979. The first kappa shape index (κ1) is 15.5. The largest absolute Gasteiger partial charge is 0.465 e. The number of benzene rings is 1. The van der Waals surface area contributed by atoms with Crippen LogP contribution in [0.3, 0.4) is 0 Å². The van der Waals surface area contributed by atoms with Crippen molar-refractivity contribution in [1.82, 2.24) is 0 Å². The number of amides is 1. The molecule has 0 radical (unpaired) electrons. The summed E-state index contributed by atoms with van der Waals surface area (Å²) in [6, 6.07) is 4.64. The molecule has 1 aromatic carbocycles. The van der Waals surface area contributed by atoms with Crippen LogP contribution in [-0.4, -0.2) is 25.5 Å². The lowest BCUT2D eigenvalue weighted by Crippen LogP contribution is -2.28. The van der Waals surface area contributed by atoms with Crippen molar-refractivity contribution in [2.75, 3.05) is 19.0 Å². The first-order chi connectivity index (χ1) is 9.03. The maximum atomic E-state index is 11.9. The van der Waals surface area contributed by atoms with Crippen molar-refractivity contribution < 1.29 is 14.3 Å². The number of rotatable bonds is 5. The highest BCUT2D eigenvalue weighted by molar-refractivity contribution is 6.33. The minimum Gasteiger partial charge on any atom is -0.465 e. The van der Waals surface area contributed by atoms with Crippen LogP contribution in [0.4, 0.5) is 5.69 Å². The smallest absolute Gasteiger partial charge is 0.339 e. The molecule has 1 atom stereocenters. The lowest BCUT2D eigenvalue weighted by molar-refractivity contribution is -0.119. The lowest BCUT2D eigenvalue weighted by Gasteiger charge is -2.13. The molecule has 19 heavy (non-hydrogen) atoms. The highest BCUT2D eigenvalue weighted by atomic mass is 35.5. The lowest BCUT2D eigenvalue weighted by atomic mass is 10.1. The van der Waals surface area contributed by atoms with Crippen molar-refractivity contribution in [2.24, 2.45) is 11.7 Å². The van der Waals surface area contributed by atoms with Gasteiger partial charge in [0.25, 0.3) is 0 Å². The Labute approximate surface area is 117 Å². The summed E-state index contributed by atoms with van der Waals surface area (Å²) >= 11 is 5.89. The van der Waals surface area contributed by atoms with Crippen molar-refractivity contribution in [3.05, 3.63) is 28.8 Å². The number of anilines is 1. The molecule has 6 heteroatoms. The van der Waals surface area contributed by atoms with Gasteiger partial charge in [-0.3, -0.25) is 4.79 Å². The Morgan fingerprint density at radius 2 is 2.16 bits per heavy atom. The highest BCUT2D eigenvalue weighted by Crippen LogP contribution is 2.22. The quantitative estimate of drug-likeness (QED) is 0.811. The number of nitrogens with two attached hydrogens (primary N) is 1. The molecular weight excluding hydrogens is 268 g/mol. The predicted molar refractivity (Wildman–Crippen MR) is 74.3 cm³/mol. The standard InChI is InChI=1S/C13H17ClN2O3/c1-3-8(7-15)12(17)16-9-4-5-11(14)10(6-9)13(18)19-2/h4-6,8H,3,7,15H2,1-2H3,(H,16,17).